The zero-order chi connectivity index (χ0) is 30.6. The molecule has 0 N–H and O–H groups in total. The van der Waals surface area contributed by atoms with Gasteiger partial charge in [0.1, 0.15) is 22.3 Å². The van der Waals surface area contributed by atoms with Crippen LogP contribution >= 0.6 is 0 Å². The first kappa shape index (κ1) is 26.1. The third-order valence-electron chi connectivity index (χ3n) is 8.91. The first-order valence-corrected chi connectivity index (χ1v) is 15.3. The summed E-state index contributed by atoms with van der Waals surface area (Å²) in [6, 6.07) is 54.5. The quantitative estimate of drug-likeness (QED) is 0.206. The van der Waals surface area contributed by atoms with Crippen LogP contribution in [0.25, 0.3) is 88.4 Å². The van der Waals surface area contributed by atoms with Crippen LogP contribution in [0.2, 0.25) is 0 Å². The first-order valence-electron chi connectivity index (χ1n) is 15.3. The summed E-state index contributed by atoms with van der Waals surface area (Å²) in [4.78, 5) is 0. The van der Waals surface area contributed by atoms with Gasteiger partial charge in [0.2, 0.25) is 0 Å². The molecule has 2 aromatic heterocycles. The number of fused-ring (bicyclic) bond motifs is 6. The van der Waals surface area contributed by atoms with E-state index < -0.39 is 0 Å². The summed E-state index contributed by atoms with van der Waals surface area (Å²) in [7, 11) is 0. The zero-order valence-corrected chi connectivity index (χ0v) is 24.7. The molecule has 214 valence electrons. The van der Waals surface area contributed by atoms with E-state index in [0.29, 0.717) is 5.56 Å². The van der Waals surface area contributed by atoms with Crippen molar-refractivity contribution in [2.45, 2.75) is 0 Å². The number of hydrogen-bond donors (Lipinski definition) is 0. The van der Waals surface area contributed by atoms with Crippen LogP contribution in [0.5, 0.6) is 0 Å². The predicted octanol–water partition coefficient (Wildman–Crippen LogP) is 12.0. The molecule has 0 spiro atoms. The average molecular weight is 588 g/mol. The van der Waals surface area contributed by atoms with Gasteiger partial charge in [-0.15, -0.1) is 0 Å². The molecule has 0 saturated heterocycles. The van der Waals surface area contributed by atoms with Crippen LogP contribution in [0.1, 0.15) is 5.56 Å². The van der Waals surface area contributed by atoms with Gasteiger partial charge in [0.25, 0.3) is 0 Å². The van der Waals surface area contributed by atoms with Crippen molar-refractivity contribution in [3.8, 4) is 50.6 Å². The average Bonchev–Trinajstić information content (AvgIpc) is 3.69. The van der Waals surface area contributed by atoms with Crippen molar-refractivity contribution in [3.63, 3.8) is 0 Å². The van der Waals surface area contributed by atoms with E-state index in [1.54, 1.807) is 0 Å². The van der Waals surface area contributed by atoms with E-state index in [1.165, 1.54) is 0 Å². The fourth-order valence-corrected chi connectivity index (χ4v) is 6.62. The number of para-hydroxylation sites is 2. The lowest BCUT2D eigenvalue weighted by Gasteiger charge is -2.13. The summed E-state index contributed by atoms with van der Waals surface area (Å²) in [5.74, 6) is 0. The molecular formula is C43H25NO2. The van der Waals surface area contributed by atoms with E-state index in [1.807, 2.05) is 72.8 Å². The van der Waals surface area contributed by atoms with Crippen LogP contribution in [0.4, 0.5) is 0 Å². The Kier molecular flexibility index (Phi) is 5.88. The molecule has 2 heterocycles. The van der Waals surface area contributed by atoms with Gasteiger partial charge in [-0.3, -0.25) is 0 Å². The fourth-order valence-electron chi connectivity index (χ4n) is 6.62. The van der Waals surface area contributed by atoms with Gasteiger partial charge in [0, 0.05) is 21.5 Å². The Labute approximate surface area is 265 Å². The Morgan fingerprint density at radius 2 is 0.804 bits per heavy atom. The lowest BCUT2D eigenvalue weighted by molar-refractivity contribution is 0.668. The van der Waals surface area contributed by atoms with E-state index in [4.69, 9.17) is 8.83 Å². The third-order valence-corrected chi connectivity index (χ3v) is 8.91. The molecule has 0 aliphatic rings. The van der Waals surface area contributed by atoms with Crippen molar-refractivity contribution in [1.82, 2.24) is 0 Å². The van der Waals surface area contributed by atoms with Crippen molar-refractivity contribution in [1.29, 1.82) is 5.26 Å². The molecular weight excluding hydrogens is 562 g/mol. The van der Waals surface area contributed by atoms with Gasteiger partial charge in [-0.2, -0.15) is 5.26 Å². The van der Waals surface area contributed by atoms with Gasteiger partial charge in [0.05, 0.1) is 11.6 Å². The van der Waals surface area contributed by atoms with Gasteiger partial charge in [-0.05, 0) is 105 Å². The SMILES string of the molecule is N#Cc1cc(-c2cc(-c3ccc4oc5ccccc5c4c3)cc(-c3ccc4oc5ccccc5c4c3)c2)ccc1-c1ccccc1. The number of nitrogens with zero attached hydrogens (tertiary/aromatic N) is 1. The normalized spacial score (nSPS) is 11.5. The molecule has 0 saturated carbocycles. The van der Waals surface area contributed by atoms with E-state index in [0.717, 1.165) is 88.4 Å². The molecule has 3 heteroatoms. The second kappa shape index (κ2) is 10.4. The number of furan rings is 2. The van der Waals surface area contributed by atoms with Crippen molar-refractivity contribution in [3.05, 3.63) is 157 Å². The Morgan fingerprint density at radius 3 is 1.35 bits per heavy atom. The van der Waals surface area contributed by atoms with E-state index in [2.05, 4.69) is 84.9 Å². The van der Waals surface area contributed by atoms with E-state index in [-0.39, 0.29) is 0 Å². The molecule has 3 nitrogen and oxygen atoms in total. The molecule has 0 fully saturated rings. The number of benzene rings is 7. The minimum atomic E-state index is 0.647. The summed E-state index contributed by atoms with van der Waals surface area (Å²) in [6.07, 6.45) is 0. The highest BCUT2D eigenvalue weighted by Crippen LogP contribution is 2.39. The number of nitriles is 1. The van der Waals surface area contributed by atoms with Crippen LogP contribution in [0, 0.1) is 11.3 Å². The standard InChI is InChI=1S/C43H25NO2/c44-26-34-20-28(14-17-35(34)27-8-2-1-3-9-27)31-21-32(29-15-18-42-38(24-29)36-10-4-6-12-40(36)45-42)23-33(22-31)30-16-19-43-39(25-30)37-11-5-7-13-41(37)46-43/h1-25H. The number of hydrogen-bond acceptors (Lipinski definition) is 3. The maximum Gasteiger partial charge on any atom is 0.135 e. The lowest BCUT2D eigenvalue weighted by Crippen LogP contribution is -1.89. The largest absolute Gasteiger partial charge is 0.456 e. The second-order valence-electron chi connectivity index (χ2n) is 11.7. The van der Waals surface area contributed by atoms with Crippen LogP contribution in [0.15, 0.2) is 160 Å². The summed E-state index contributed by atoms with van der Waals surface area (Å²) < 4.78 is 12.3. The molecule has 0 unspecified atom stereocenters. The highest BCUT2D eigenvalue weighted by molar-refractivity contribution is 6.07. The molecule has 0 amide bonds. The highest BCUT2D eigenvalue weighted by Gasteiger charge is 2.14. The highest BCUT2D eigenvalue weighted by atomic mass is 16.3. The summed E-state index contributed by atoms with van der Waals surface area (Å²) >= 11 is 0. The lowest BCUT2D eigenvalue weighted by atomic mass is 9.90. The van der Waals surface area contributed by atoms with Crippen molar-refractivity contribution < 1.29 is 8.83 Å². The summed E-state index contributed by atoms with van der Waals surface area (Å²) in [5.41, 5.74) is 12.5. The minimum Gasteiger partial charge on any atom is -0.456 e. The topological polar surface area (TPSA) is 50.1 Å². The van der Waals surface area contributed by atoms with Crippen molar-refractivity contribution in [2.75, 3.05) is 0 Å². The minimum absolute atomic E-state index is 0.647. The molecule has 0 radical (unpaired) electrons. The molecule has 9 aromatic rings. The van der Waals surface area contributed by atoms with Crippen LogP contribution in [-0.4, -0.2) is 0 Å². The number of rotatable bonds is 4. The van der Waals surface area contributed by atoms with E-state index in [9.17, 15) is 5.26 Å². The predicted molar refractivity (Wildman–Crippen MR) is 187 cm³/mol. The van der Waals surface area contributed by atoms with Crippen LogP contribution < -0.4 is 0 Å². The molecule has 9 rings (SSSR count). The summed E-state index contributed by atoms with van der Waals surface area (Å²) in [5, 5.41) is 14.6. The van der Waals surface area contributed by atoms with Crippen molar-refractivity contribution in [2.24, 2.45) is 0 Å². The monoisotopic (exact) mass is 587 g/mol. The maximum atomic E-state index is 10.2. The van der Waals surface area contributed by atoms with Gasteiger partial charge in [-0.1, -0.05) is 91.0 Å². The fraction of sp³-hybridized carbons (Fsp3) is 0. The van der Waals surface area contributed by atoms with Gasteiger partial charge in [0.15, 0.2) is 0 Å². The zero-order valence-electron chi connectivity index (χ0n) is 24.7. The second-order valence-corrected chi connectivity index (χ2v) is 11.7. The Balaban J connectivity index is 1.25. The molecule has 0 bridgehead atoms. The third kappa shape index (κ3) is 4.28. The molecule has 0 atom stereocenters. The molecule has 0 aliphatic carbocycles. The van der Waals surface area contributed by atoms with Gasteiger partial charge < -0.3 is 8.83 Å². The first-order chi connectivity index (χ1) is 22.7. The Morgan fingerprint density at radius 1 is 0.348 bits per heavy atom. The Hall–Kier alpha value is -6.37. The molecule has 0 aliphatic heterocycles. The smallest absolute Gasteiger partial charge is 0.135 e. The molecule has 7 aromatic carbocycles. The molecule has 46 heavy (non-hydrogen) atoms. The summed E-state index contributed by atoms with van der Waals surface area (Å²) in [6.45, 7) is 0. The van der Waals surface area contributed by atoms with Crippen LogP contribution in [-0.2, 0) is 0 Å². The Bertz CT molecular complexity index is 2520. The van der Waals surface area contributed by atoms with E-state index >= 15 is 0 Å². The maximum absolute atomic E-state index is 10.2. The van der Waals surface area contributed by atoms with Crippen LogP contribution in [0.3, 0.4) is 0 Å². The van der Waals surface area contributed by atoms with Gasteiger partial charge in [-0.25, -0.2) is 0 Å². The van der Waals surface area contributed by atoms with Gasteiger partial charge >= 0.3 is 0 Å². The van der Waals surface area contributed by atoms with Crippen molar-refractivity contribution >= 4 is 43.9 Å².